The number of ether oxygens (including phenoxy) is 1. The second kappa shape index (κ2) is 8.11. The molecule has 110 valence electrons. The Hall–Kier alpha value is -1.28. The molecule has 1 aromatic rings. The molecule has 1 aliphatic rings. The highest BCUT2D eigenvalue weighted by Gasteiger charge is 2.08. The number of rotatable bonds is 7. The van der Waals surface area contributed by atoms with Crippen molar-refractivity contribution in [2.45, 2.75) is 51.5 Å². The molecule has 2 N–H and O–H groups in total. The van der Waals surface area contributed by atoms with Crippen molar-refractivity contribution in [3.63, 3.8) is 0 Å². The zero-order valence-electron chi connectivity index (χ0n) is 12.9. The van der Waals surface area contributed by atoms with E-state index in [0.29, 0.717) is 6.04 Å². The third-order valence-corrected chi connectivity index (χ3v) is 4.14. The van der Waals surface area contributed by atoms with Crippen LogP contribution in [-0.4, -0.2) is 19.7 Å². The summed E-state index contributed by atoms with van der Waals surface area (Å²) in [4.78, 5) is 0. The Kier molecular flexibility index (Phi) is 6.13. The van der Waals surface area contributed by atoms with Crippen molar-refractivity contribution in [2.24, 2.45) is 0 Å². The molecule has 0 bridgehead atoms. The van der Waals surface area contributed by atoms with Crippen LogP contribution < -0.4 is 10.1 Å². The summed E-state index contributed by atoms with van der Waals surface area (Å²) >= 11 is 0. The van der Waals surface area contributed by atoms with Crippen LogP contribution in [0.3, 0.4) is 0 Å². The monoisotopic (exact) mass is 274 g/mol. The van der Waals surface area contributed by atoms with Gasteiger partial charge in [0.25, 0.3) is 0 Å². The predicted molar refractivity (Wildman–Crippen MR) is 84.1 cm³/mol. The molecule has 1 aromatic carbocycles. The Bertz CT molecular complexity index is 422. The summed E-state index contributed by atoms with van der Waals surface area (Å²) in [6.07, 6.45) is 10.3. The summed E-state index contributed by atoms with van der Waals surface area (Å²) in [5.41, 5.74) is 3.08. The van der Waals surface area contributed by atoms with E-state index in [-0.39, 0.29) is 0 Å². The molecule has 0 unspecified atom stereocenters. The van der Waals surface area contributed by atoms with Crippen LogP contribution in [0.25, 0.3) is 0 Å². The Morgan fingerprint density at radius 1 is 1.20 bits per heavy atom. The largest absolute Gasteiger partial charge is 0.497 e. The second-order valence-electron chi connectivity index (χ2n) is 5.91. The molecule has 0 amide bonds. The van der Waals surface area contributed by atoms with Gasteiger partial charge in [-0.15, -0.1) is 0 Å². The van der Waals surface area contributed by atoms with Crippen molar-refractivity contribution < 1.29 is 10.1 Å². The van der Waals surface area contributed by atoms with E-state index >= 15 is 0 Å². The average molecular weight is 274 g/mol. The van der Waals surface area contributed by atoms with E-state index in [9.17, 15) is 0 Å². The van der Waals surface area contributed by atoms with Crippen LogP contribution in [0.1, 0.15) is 44.6 Å². The zero-order valence-corrected chi connectivity index (χ0v) is 12.9. The van der Waals surface area contributed by atoms with Gasteiger partial charge < -0.3 is 10.1 Å². The molecule has 1 atom stereocenters. The van der Waals surface area contributed by atoms with E-state index < -0.39 is 0 Å². The smallest absolute Gasteiger partial charge is 0.118 e. The van der Waals surface area contributed by atoms with Crippen molar-refractivity contribution in [2.75, 3.05) is 13.7 Å². The first-order valence-corrected chi connectivity index (χ1v) is 7.92. The highest BCUT2D eigenvalue weighted by Crippen LogP contribution is 2.19. The molecule has 2 nitrogen and oxygen atoms in total. The van der Waals surface area contributed by atoms with E-state index in [2.05, 4.69) is 42.6 Å². The van der Waals surface area contributed by atoms with Gasteiger partial charge >= 0.3 is 0 Å². The molecular weight excluding hydrogens is 246 g/mol. The van der Waals surface area contributed by atoms with Crippen molar-refractivity contribution in [3.8, 4) is 5.75 Å². The zero-order chi connectivity index (χ0) is 14.2. The summed E-state index contributed by atoms with van der Waals surface area (Å²) in [7, 11) is 1.71. The number of hydrogen-bond acceptors (Lipinski definition) is 1. The minimum Gasteiger partial charge on any atom is -0.497 e. The van der Waals surface area contributed by atoms with Gasteiger partial charge in [0.2, 0.25) is 0 Å². The fraction of sp³-hybridized carbons (Fsp3) is 0.556. The molecule has 0 heterocycles. The van der Waals surface area contributed by atoms with E-state index in [0.717, 1.165) is 12.2 Å². The van der Waals surface area contributed by atoms with Gasteiger partial charge in [-0.1, -0.05) is 23.8 Å². The van der Waals surface area contributed by atoms with Crippen LogP contribution in [0.15, 0.2) is 35.9 Å². The lowest BCUT2D eigenvalue weighted by molar-refractivity contribution is -0.685. The minimum atomic E-state index is 0.646. The maximum atomic E-state index is 5.19. The molecule has 0 spiro atoms. The first-order chi connectivity index (χ1) is 9.78. The molecule has 1 aliphatic carbocycles. The lowest BCUT2D eigenvalue weighted by Crippen LogP contribution is -2.89. The van der Waals surface area contributed by atoms with Gasteiger partial charge in [-0.2, -0.15) is 0 Å². The van der Waals surface area contributed by atoms with Gasteiger partial charge in [-0.3, -0.25) is 0 Å². The Labute approximate surface area is 123 Å². The molecule has 0 aromatic heterocycles. The van der Waals surface area contributed by atoms with Crippen molar-refractivity contribution in [3.05, 3.63) is 41.5 Å². The van der Waals surface area contributed by atoms with Gasteiger partial charge in [-0.25, -0.2) is 0 Å². The third-order valence-electron chi connectivity index (χ3n) is 4.14. The highest BCUT2D eigenvalue weighted by molar-refractivity contribution is 5.27. The van der Waals surface area contributed by atoms with Crippen LogP contribution in [0.2, 0.25) is 0 Å². The molecule has 20 heavy (non-hydrogen) atoms. The summed E-state index contributed by atoms with van der Waals surface area (Å²) < 4.78 is 5.19. The maximum Gasteiger partial charge on any atom is 0.118 e. The first-order valence-electron chi connectivity index (χ1n) is 7.92. The fourth-order valence-corrected chi connectivity index (χ4v) is 2.90. The summed E-state index contributed by atoms with van der Waals surface area (Å²) in [6, 6.07) is 9.09. The van der Waals surface area contributed by atoms with Crippen LogP contribution in [-0.2, 0) is 6.42 Å². The first kappa shape index (κ1) is 15.1. The van der Waals surface area contributed by atoms with Gasteiger partial charge in [0.1, 0.15) is 5.75 Å². The quantitative estimate of drug-likeness (QED) is 0.760. The summed E-state index contributed by atoms with van der Waals surface area (Å²) in [5, 5.41) is 2.49. The predicted octanol–water partition coefficient (Wildman–Crippen LogP) is 3.08. The summed E-state index contributed by atoms with van der Waals surface area (Å²) in [5.74, 6) is 0.939. The topological polar surface area (TPSA) is 25.8 Å². The molecule has 2 heteroatoms. The van der Waals surface area contributed by atoms with Gasteiger partial charge in [0.15, 0.2) is 0 Å². The standard InChI is InChI=1S/C18H27NO/c1-15(14-17-8-10-18(20-2)11-9-17)19-13-12-16-6-4-3-5-7-16/h6,8-11,15,19H,3-5,7,12-14H2,1-2H3/p+1/t15-/m1/s1. The van der Waals surface area contributed by atoms with Crippen molar-refractivity contribution in [1.82, 2.24) is 0 Å². The molecule has 0 saturated carbocycles. The number of nitrogens with two attached hydrogens (primary N) is 1. The molecule has 2 rings (SSSR count). The molecule has 0 fully saturated rings. The second-order valence-corrected chi connectivity index (χ2v) is 5.91. The van der Waals surface area contributed by atoms with Crippen molar-refractivity contribution >= 4 is 0 Å². The number of methoxy groups -OCH3 is 1. The van der Waals surface area contributed by atoms with Gasteiger partial charge in [0, 0.05) is 12.8 Å². The summed E-state index contributed by atoms with van der Waals surface area (Å²) in [6.45, 7) is 3.54. The fourth-order valence-electron chi connectivity index (χ4n) is 2.90. The normalized spacial score (nSPS) is 16.6. The van der Waals surface area contributed by atoms with Crippen molar-refractivity contribution in [1.29, 1.82) is 0 Å². The lowest BCUT2D eigenvalue weighted by Gasteiger charge is -2.14. The Morgan fingerprint density at radius 2 is 2.00 bits per heavy atom. The van der Waals surface area contributed by atoms with Crippen LogP contribution >= 0.6 is 0 Å². The van der Waals surface area contributed by atoms with E-state index in [1.54, 1.807) is 12.7 Å². The molecule has 0 aliphatic heterocycles. The van der Waals surface area contributed by atoms with Crippen LogP contribution in [0.4, 0.5) is 0 Å². The maximum absolute atomic E-state index is 5.19. The van der Waals surface area contributed by atoms with Crippen LogP contribution in [0.5, 0.6) is 5.75 Å². The van der Waals surface area contributed by atoms with Gasteiger partial charge in [0.05, 0.1) is 19.7 Å². The van der Waals surface area contributed by atoms with Gasteiger partial charge in [-0.05, 0) is 50.3 Å². The number of allylic oxidation sites excluding steroid dienone is 1. The van der Waals surface area contributed by atoms with E-state index in [1.807, 2.05) is 0 Å². The minimum absolute atomic E-state index is 0.646. The highest BCUT2D eigenvalue weighted by atomic mass is 16.5. The molecular formula is C18H28NO+. The Balaban J connectivity index is 1.68. The van der Waals surface area contributed by atoms with E-state index in [4.69, 9.17) is 4.74 Å². The average Bonchev–Trinajstić information content (AvgIpc) is 2.49. The molecule has 0 radical (unpaired) electrons. The number of hydrogen-bond donors (Lipinski definition) is 1. The molecule has 0 saturated heterocycles. The Morgan fingerprint density at radius 3 is 2.65 bits per heavy atom. The van der Waals surface area contributed by atoms with Crippen LogP contribution in [0, 0.1) is 0 Å². The van der Waals surface area contributed by atoms with E-state index in [1.165, 1.54) is 44.2 Å². The number of benzene rings is 1. The lowest BCUT2D eigenvalue weighted by atomic mass is 9.97. The SMILES string of the molecule is COc1ccc(C[C@@H](C)[NH2+]CCC2=CCCCC2)cc1. The third kappa shape index (κ3) is 5.01. The number of quaternary nitrogens is 1.